The molecule has 0 amide bonds. The number of carboxylic acid groups (broad SMARTS) is 1. The highest BCUT2D eigenvalue weighted by molar-refractivity contribution is 7.99. The smallest absolute Gasteiger partial charge is 0.342 e. The van der Waals surface area contributed by atoms with E-state index in [4.69, 9.17) is 4.74 Å². The van der Waals surface area contributed by atoms with Crippen LogP contribution in [0.15, 0.2) is 59.8 Å². The van der Waals surface area contributed by atoms with E-state index in [2.05, 4.69) is 10.2 Å². The number of H-pyrrole nitrogens is 1. The van der Waals surface area contributed by atoms with Crippen molar-refractivity contribution in [1.82, 2.24) is 10.2 Å². The second-order valence-corrected chi connectivity index (χ2v) is 5.86. The van der Waals surface area contributed by atoms with Crippen LogP contribution >= 0.6 is 11.8 Å². The Morgan fingerprint density at radius 1 is 1.21 bits per heavy atom. The third kappa shape index (κ3) is 3.41. The standard InChI is InChI=1S/C17H15N3O3S/c1-23-14-9-7-12(8-10-14)16-18-19-17(24-11-15(21)22)20(16)13-5-3-2-4-6-13/h2-10H,11H2,1H3,(H,21,22). The van der Waals surface area contributed by atoms with Crippen molar-refractivity contribution in [2.45, 2.75) is 5.16 Å². The predicted octanol–water partition coefficient (Wildman–Crippen LogP) is 1.20. The normalized spacial score (nSPS) is 10.5. The van der Waals surface area contributed by atoms with E-state index in [1.165, 1.54) is 0 Å². The highest BCUT2D eigenvalue weighted by Crippen LogP contribution is 2.22. The number of aromatic nitrogens is 3. The molecule has 0 saturated carbocycles. The van der Waals surface area contributed by atoms with Crippen molar-refractivity contribution >= 4 is 17.7 Å². The van der Waals surface area contributed by atoms with Crippen LogP contribution in [0.1, 0.15) is 0 Å². The first-order chi connectivity index (χ1) is 11.7. The van der Waals surface area contributed by atoms with Crippen LogP contribution < -0.4 is 14.4 Å². The summed E-state index contributed by atoms with van der Waals surface area (Å²) < 4.78 is 7.07. The first kappa shape index (κ1) is 16.1. The zero-order valence-electron chi connectivity index (χ0n) is 12.9. The largest absolute Gasteiger partial charge is 0.549 e. The van der Waals surface area contributed by atoms with E-state index in [0.717, 1.165) is 34.6 Å². The molecule has 0 aliphatic heterocycles. The fraction of sp³-hybridized carbons (Fsp3) is 0.118. The van der Waals surface area contributed by atoms with E-state index in [9.17, 15) is 9.90 Å². The maximum atomic E-state index is 10.8. The van der Waals surface area contributed by atoms with Gasteiger partial charge in [-0.1, -0.05) is 18.2 Å². The van der Waals surface area contributed by atoms with Crippen molar-refractivity contribution in [3.8, 4) is 22.8 Å². The summed E-state index contributed by atoms with van der Waals surface area (Å²) in [6.45, 7) is 0. The van der Waals surface area contributed by atoms with Crippen LogP contribution in [-0.2, 0) is 4.79 Å². The van der Waals surface area contributed by atoms with E-state index in [-0.39, 0.29) is 5.75 Å². The van der Waals surface area contributed by atoms with Crippen molar-refractivity contribution in [2.75, 3.05) is 12.9 Å². The number of hydrogen-bond acceptors (Lipinski definition) is 5. The van der Waals surface area contributed by atoms with Crippen LogP contribution in [0.3, 0.4) is 0 Å². The zero-order valence-corrected chi connectivity index (χ0v) is 13.7. The number of benzene rings is 2. The molecule has 1 N–H and O–H groups in total. The van der Waals surface area contributed by atoms with Crippen LogP contribution in [0.25, 0.3) is 17.1 Å². The summed E-state index contributed by atoms with van der Waals surface area (Å²) in [7, 11) is 1.62. The molecule has 1 heterocycles. The number of aromatic amines is 1. The third-order valence-corrected chi connectivity index (χ3v) is 4.28. The summed E-state index contributed by atoms with van der Waals surface area (Å²) in [6.07, 6.45) is 0. The zero-order chi connectivity index (χ0) is 16.9. The minimum Gasteiger partial charge on any atom is -0.549 e. The summed E-state index contributed by atoms with van der Waals surface area (Å²) >= 11 is 1.11. The number of nitrogens with zero attached hydrogens (tertiary/aromatic N) is 2. The summed E-state index contributed by atoms with van der Waals surface area (Å²) in [5.74, 6) is 0.217. The molecular weight excluding hydrogens is 326 g/mol. The molecule has 0 radical (unpaired) electrons. The van der Waals surface area contributed by atoms with Gasteiger partial charge >= 0.3 is 5.16 Å². The van der Waals surface area contributed by atoms with Crippen LogP contribution in [0.2, 0.25) is 0 Å². The topological polar surface area (TPSA) is 81.9 Å². The number of thioether (sulfide) groups is 1. The molecule has 6 nitrogen and oxygen atoms in total. The molecule has 0 spiro atoms. The third-order valence-electron chi connectivity index (χ3n) is 3.37. The molecular formula is C17H15N3O3S. The highest BCUT2D eigenvalue weighted by Gasteiger charge is 2.23. The Labute approximate surface area is 143 Å². The quantitative estimate of drug-likeness (QED) is 0.538. The van der Waals surface area contributed by atoms with Gasteiger partial charge in [0.1, 0.15) is 11.4 Å². The number of carbonyl (C=O) groups excluding carboxylic acids is 1. The van der Waals surface area contributed by atoms with E-state index in [0.29, 0.717) is 5.16 Å². The van der Waals surface area contributed by atoms with Crippen LogP contribution in [-0.4, -0.2) is 29.0 Å². The minimum absolute atomic E-state index is 0.167. The Hall–Kier alpha value is -2.80. The molecule has 3 aromatic rings. The second-order valence-electron chi connectivity index (χ2n) is 4.91. The van der Waals surface area contributed by atoms with Gasteiger partial charge in [0, 0.05) is 5.75 Å². The van der Waals surface area contributed by atoms with Gasteiger partial charge < -0.3 is 14.6 Å². The summed E-state index contributed by atoms with van der Waals surface area (Å²) in [5, 5.41) is 18.6. The van der Waals surface area contributed by atoms with Crippen LogP contribution in [0, 0.1) is 0 Å². The molecule has 2 aromatic carbocycles. The summed E-state index contributed by atoms with van der Waals surface area (Å²) in [5.41, 5.74) is 1.80. The first-order valence-electron chi connectivity index (χ1n) is 7.22. The molecule has 0 fully saturated rings. The van der Waals surface area contributed by atoms with Gasteiger partial charge in [0.05, 0.1) is 23.7 Å². The SMILES string of the molecule is COc1ccc(-c2[nH]nc(SCC(=O)[O-])[n+]2-c2ccccc2)cc1. The first-order valence-corrected chi connectivity index (χ1v) is 8.20. The number of rotatable bonds is 6. The molecule has 122 valence electrons. The van der Waals surface area contributed by atoms with Crippen molar-refractivity contribution in [3.63, 3.8) is 0 Å². The molecule has 0 aliphatic carbocycles. The van der Waals surface area contributed by atoms with Gasteiger partial charge in [-0.15, -0.1) is 5.10 Å². The molecule has 3 rings (SSSR count). The highest BCUT2D eigenvalue weighted by atomic mass is 32.2. The van der Waals surface area contributed by atoms with Gasteiger partial charge in [0.2, 0.25) is 0 Å². The van der Waals surface area contributed by atoms with Gasteiger partial charge in [0.15, 0.2) is 0 Å². The molecule has 0 bridgehead atoms. The van der Waals surface area contributed by atoms with E-state index >= 15 is 0 Å². The lowest BCUT2D eigenvalue weighted by Gasteiger charge is -2.05. The minimum atomic E-state index is -1.13. The van der Waals surface area contributed by atoms with Crippen molar-refractivity contribution in [2.24, 2.45) is 0 Å². The average molecular weight is 341 g/mol. The number of aliphatic carboxylic acids is 1. The van der Waals surface area contributed by atoms with Gasteiger partial charge in [-0.25, -0.2) is 0 Å². The predicted molar refractivity (Wildman–Crippen MR) is 87.8 cm³/mol. The Morgan fingerprint density at radius 3 is 2.54 bits per heavy atom. The fourth-order valence-corrected chi connectivity index (χ4v) is 2.96. The number of carboxylic acids is 1. The van der Waals surface area contributed by atoms with Crippen molar-refractivity contribution in [1.29, 1.82) is 0 Å². The average Bonchev–Trinajstić information content (AvgIpc) is 3.04. The van der Waals surface area contributed by atoms with Crippen molar-refractivity contribution < 1.29 is 19.2 Å². The number of carbonyl (C=O) groups is 1. The number of nitrogens with one attached hydrogen (secondary N) is 1. The van der Waals surface area contributed by atoms with Gasteiger partial charge in [-0.2, -0.15) is 4.57 Å². The molecule has 0 atom stereocenters. The lowest BCUT2D eigenvalue weighted by molar-refractivity contribution is -0.625. The Balaban J connectivity index is 2.06. The number of hydrogen-bond donors (Lipinski definition) is 1. The van der Waals surface area contributed by atoms with Crippen LogP contribution in [0.5, 0.6) is 5.75 Å². The molecule has 0 saturated heterocycles. The van der Waals surface area contributed by atoms with E-state index in [1.807, 2.05) is 59.2 Å². The van der Waals surface area contributed by atoms with Gasteiger partial charge in [-0.3, -0.25) is 0 Å². The maximum Gasteiger partial charge on any atom is 0.342 e. The second kappa shape index (κ2) is 7.18. The lowest BCUT2D eigenvalue weighted by Crippen LogP contribution is -2.34. The maximum absolute atomic E-state index is 10.8. The molecule has 0 aliphatic rings. The fourth-order valence-electron chi connectivity index (χ4n) is 2.28. The molecule has 0 unspecified atom stereocenters. The summed E-state index contributed by atoms with van der Waals surface area (Å²) in [6, 6.07) is 17.2. The lowest BCUT2D eigenvalue weighted by atomic mass is 10.2. The van der Waals surface area contributed by atoms with Crippen LogP contribution in [0.4, 0.5) is 0 Å². The molecule has 24 heavy (non-hydrogen) atoms. The molecule has 1 aromatic heterocycles. The number of ether oxygens (including phenoxy) is 1. The number of methoxy groups -OCH3 is 1. The summed E-state index contributed by atoms with van der Waals surface area (Å²) in [4.78, 5) is 10.8. The monoisotopic (exact) mass is 341 g/mol. The van der Waals surface area contributed by atoms with Gasteiger partial charge in [0.25, 0.3) is 5.82 Å². The Morgan fingerprint density at radius 2 is 1.92 bits per heavy atom. The van der Waals surface area contributed by atoms with Gasteiger partial charge in [-0.05, 0) is 48.2 Å². The molecule has 7 heteroatoms. The Kier molecular flexibility index (Phi) is 4.81. The Bertz CT molecular complexity index is 832. The van der Waals surface area contributed by atoms with E-state index in [1.54, 1.807) is 7.11 Å². The number of para-hydroxylation sites is 1. The van der Waals surface area contributed by atoms with E-state index < -0.39 is 5.97 Å². The van der Waals surface area contributed by atoms with Crippen molar-refractivity contribution in [3.05, 3.63) is 54.6 Å².